The molecule has 2 unspecified atom stereocenters. The molecule has 0 spiro atoms. The minimum absolute atomic E-state index is 0.495. The van der Waals surface area contributed by atoms with Crippen molar-refractivity contribution in [1.82, 2.24) is 30.7 Å². The number of rotatable bonds is 5. The summed E-state index contributed by atoms with van der Waals surface area (Å²) in [6.45, 7) is 6.26. The molecule has 0 aliphatic carbocycles. The van der Waals surface area contributed by atoms with Crippen molar-refractivity contribution in [3.63, 3.8) is 0 Å². The first-order valence-electron chi connectivity index (χ1n) is 7.39. The summed E-state index contributed by atoms with van der Waals surface area (Å²) in [6.07, 6.45) is 7.32. The predicted octanol–water partition coefficient (Wildman–Crippen LogP) is 0.858. The third kappa shape index (κ3) is 3.29. The van der Waals surface area contributed by atoms with Crippen LogP contribution in [-0.4, -0.2) is 33.2 Å². The molecule has 2 atom stereocenters. The van der Waals surface area contributed by atoms with E-state index in [2.05, 4.69) is 46.1 Å². The average Bonchev–Trinajstić information content (AvgIpc) is 3.13. The zero-order valence-electron chi connectivity index (χ0n) is 12.5. The molecule has 3 heterocycles. The lowest BCUT2D eigenvalue weighted by molar-refractivity contribution is 0.412. The van der Waals surface area contributed by atoms with E-state index in [9.17, 15) is 0 Å². The first-order chi connectivity index (χ1) is 10.2. The molecule has 1 fully saturated rings. The van der Waals surface area contributed by atoms with Crippen molar-refractivity contribution >= 4 is 0 Å². The molecule has 2 aromatic heterocycles. The molecule has 21 heavy (non-hydrogen) atoms. The fourth-order valence-electron chi connectivity index (χ4n) is 2.72. The second kappa shape index (κ2) is 6.34. The standard InChI is InChI=1S/C15H22N6/c1-11-14(12(2)20-19-11)9-17-7-13-3-4-15(18-8-13)21-6-5-16-10-21/h3-6,8,10-12,14,17,19-20H,7,9H2,1-2H3. The van der Waals surface area contributed by atoms with Crippen LogP contribution < -0.4 is 16.2 Å². The van der Waals surface area contributed by atoms with Gasteiger partial charge in [-0.3, -0.25) is 15.4 Å². The zero-order chi connectivity index (χ0) is 14.7. The highest BCUT2D eigenvalue weighted by Gasteiger charge is 2.28. The van der Waals surface area contributed by atoms with Crippen LogP contribution in [0.25, 0.3) is 5.82 Å². The minimum atomic E-state index is 0.495. The molecule has 6 heteroatoms. The Morgan fingerprint density at radius 2 is 2.05 bits per heavy atom. The number of aromatic nitrogens is 3. The van der Waals surface area contributed by atoms with Gasteiger partial charge in [-0.15, -0.1) is 0 Å². The average molecular weight is 286 g/mol. The van der Waals surface area contributed by atoms with Crippen LogP contribution in [-0.2, 0) is 6.54 Å². The van der Waals surface area contributed by atoms with Crippen LogP contribution in [0.15, 0.2) is 37.1 Å². The van der Waals surface area contributed by atoms with Crippen molar-refractivity contribution in [2.75, 3.05) is 6.54 Å². The van der Waals surface area contributed by atoms with Gasteiger partial charge in [-0.1, -0.05) is 6.07 Å². The summed E-state index contributed by atoms with van der Waals surface area (Å²) >= 11 is 0. The second-order valence-corrected chi connectivity index (χ2v) is 5.66. The Labute approximate surface area is 125 Å². The molecule has 3 rings (SSSR count). The summed E-state index contributed by atoms with van der Waals surface area (Å²) in [5, 5.41) is 3.52. The van der Waals surface area contributed by atoms with Crippen LogP contribution in [0.5, 0.6) is 0 Å². The lowest BCUT2D eigenvalue weighted by atomic mass is 9.97. The number of nitrogens with zero attached hydrogens (tertiary/aromatic N) is 3. The van der Waals surface area contributed by atoms with E-state index < -0.39 is 0 Å². The van der Waals surface area contributed by atoms with E-state index in [1.54, 1.807) is 12.5 Å². The number of hydrogen-bond donors (Lipinski definition) is 3. The third-order valence-corrected chi connectivity index (χ3v) is 4.11. The monoisotopic (exact) mass is 286 g/mol. The Morgan fingerprint density at radius 3 is 2.67 bits per heavy atom. The Hall–Kier alpha value is -1.76. The highest BCUT2D eigenvalue weighted by molar-refractivity contribution is 5.25. The molecule has 1 aliphatic rings. The lowest BCUT2D eigenvalue weighted by Crippen LogP contribution is -2.33. The van der Waals surface area contributed by atoms with Gasteiger partial charge in [-0.2, -0.15) is 0 Å². The molecule has 112 valence electrons. The van der Waals surface area contributed by atoms with E-state index >= 15 is 0 Å². The molecule has 1 aliphatic heterocycles. The number of hydrazine groups is 1. The van der Waals surface area contributed by atoms with E-state index in [0.717, 1.165) is 18.9 Å². The molecule has 0 saturated carbocycles. The van der Waals surface area contributed by atoms with Crippen molar-refractivity contribution in [2.45, 2.75) is 32.5 Å². The van der Waals surface area contributed by atoms with Crippen LogP contribution in [0.2, 0.25) is 0 Å². The molecular weight excluding hydrogens is 264 g/mol. The highest BCUT2D eigenvalue weighted by Crippen LogP contribution is 2.13. The van der Waals surface area contributed by atoms with Gasteiger partial charge in [-0.05, 0) is 25.5 Å². The minimum Gasteiger partial charge on any atom is -0.312 e. The summed E-state index contributed by atoms with van der Waals surface area (Å²) in [7, 11) is 0. The van der Waals surface area contributed by atoms with Crippen molar-refractivity contribution < 1.29 is 0 Å². The molecule has 0 bridgehead atoms. The number of imidazole rings is 1. The Morgan fingerprint density at radius 1 is 1.24 bits per heavy atom. The van der Waals surface area contributed by atoms with Gasteiger partial charge in [-0.25, -0.2) is 9.97 Å². The largest absolute Gasteiger partial charge is 0.312 e. The second-order valence-electron chi connectivity index (χ2n) is 5.66. The van der Waals surface area contributed by atoms with Gasteiger partial charge < -0.3 is 5.32 Å². The fraction of sp³-hybridized carbons (Fsp3) is 0.467. The van der Waals surface area contributed by atoms with E-state index in [4.69, 9.17) is 0 Å². The Kier molecular flexibility index (Phi) is 4.28. The summed E-state index contributed by atoms with van der Waals surface area (Å²) in [5.74, 6) is 1.49. The summed E-state index contributed by atoms with van der Waals surface area (Å²) < 4.78 is 1.90. The summed E-state index contributed by atoms with van der Waals surface area (Å²) in [4.78, 5) is 8.49. The van der Waals surface area contributed by atoms with E-state index in [-0.39, 0.29) is 0 Å². The van der Waals surface area contributed by atoms with Crippen molar-refractivity contribution in [3.05, 3.63) is 42.6 Å². The molecule has 6 nitrogen and oxygen atoms in total. The van der Waals surface area contributed by atoms with Crippen molar-refractivity contribution in [2.24, 2.45) is 5.92 Å². The van der Waals surface area contributed by atoms with E-state index in [1.165, 1.54) is 5.56 Å². The summed E-state index contributed by atoms with van der Waals surface area (Å²) in [5.41, 5.74) is 7.75. The third-order valence-electron chi connectivity index (χ3n) is 4.11. The molecule has 0 aromatic carbocycles. The Bertz CT molecular complexity index is 540. The first kappa shape index (κ1) is 14.2. The van der Waals surface area contributed by atoms with Gasteiger partial charge in [0.15, 0.2) is 0 Å². The van der Waals surface area contributed by atoms with Crippen LogP contribution in [0.4, 0.5) is 0 Å². The number of hydrogen-bond acceptors (Lipinski definition) is 5. The maximum absolute atomic E-state index is 4.46. The lowest BCUT2D eigenvalue weighted by Gasteiger charge is -2.18. The van der Waals surface area contributed by atoms with Crippen molar-refractivity contribution in [1.29, 1.82) is 0 Å². The number of nitrogens with one attached hydrogen (secondary N) is 3. The van der Waals surface area contributed by atoms with Gasteiger partial charge >= 0.3 is 0 Å². The van der Waals surface area contributed by atoms with Gasteiger partial charge in [0.2, 0.25) is 0 Å². The topological polar surface area (TPSA) is 66.8 Å². The van der Waals surface area contributed by atoms with E-state index in [0.29, 0.717) is 18.0 Å². The molecule has 0 radical (unpaired) electrons. The van der Waals surface area contributed by atoms with Gasteiger partial charge in [0.25, 0.3) is 0 Å². The van der Waals surface area contributed by atoms with Gasteiger partial charge in [0, 0.05) is 49.7 Å². The quantitative estimate of drug-likeness (QED) is 0.761. The summed E-state index contributed by atoms with van der Waals surface area (Å²) in [6, 6.07) is 5.11. The first-order valence-corrected chi connectivity index (χ1v) is 7.39. The van der Waals surface area contributed by atoms with Crippen LogP contribution >= 0.6 is 0 Å². The smallest absolute Gasteiger partial charge is 0.137 e. The fourth-order valence-corrected chi connectivity index (χ4v) is 2.72. The molecular formula is C15H22N6. The maximum atomic E-state index is 4.46. The van der Waals surface area contributed by atoms with Crippen LogP contribution in [0.3, 0.4) is 0 Å². The Balaban J connectivity index is 1.52. The highest BCUT2D eigenvalue weighted by atomic mass is 15.4. The van der Waals surface area contributed by atoms with Gasteiger partial charge in [0.1, 0.15) is 12.1 Å². The maximum Gasteiger partial charge on any atom is 0.137 e. The van der Waals surface area contributed by atoms with Crippen molar-refractivity contribution in [3.8, 4) is 5.82 Å². The van der Waals surface area contributed by atoms with E-state index in [1.807, 2.05) is 23.0 Å². The van der Waals surface area contributed by atoms with Crippen LogP contribution in [0, 0.1) is 5.92 Å². The SMILES string of the molecule is CC1NNC(C)C1CNCc1ccc(-n2ccnc2)nc1. The predicted molar refractivity (Wildman–Crippen MR) is 81.8 cm³/mol. The zero-order valence-corrected chi connectivity index (χ0v) is 12.5. The molecule has 3 N–H and O–H groups in total. The molecule has 2 aromatic rings. The molecule has 0 amide bonds. The number of pyridine rings is 1. The molecule has 1 saturated heterocycles. The van der Waals surface area contributed by atoms with Crippen LogP contribution in [0.1, 0.15) is 19.4 Å². The van der Waals surface area contributed by atoms with Gasteiger partial charge in [0.05, 0.1) is 0 Å². The normalized spacial score (nSPS) is 25.3.